The van der Waals surface area contributed by atoms with Gasteiger partial charge in [0.05, 0.1) is 6.04 Å². The van der Waals surface area contributed by atoms with Crippen LogP contribution in [0.3, 0.4) is 0 Å². The molecule has 3 nitrogen and oxygen atoms in total. The summed E-state index contributed by atoms with van der Waals surface area (Å²) in [5, 5.41) is 3.07. The van der Waals surface area contributed by atoms with Crippen molar-refractivity contribution in [2.45, 2.75) is 51.6 Å². The second-order valence-electron chi connectivity index (χ2n) is 6.23. The zero-order valence-corrected chi connectivity index (χ0v) is 13.8. The number of amides is 1. The van der Waals surface area contributed by atoms with Crippen molar-refractivity contribution < 1.29 is 4.79 Å². The molecule has 0 aromatic heterocycles. The molecule has 1 aromatic rings. The number of likely N-dealkylation sites (N-methyl/N-ethyl adjacent to an activating group) is 1. The number of carbonyl (C=O) groups is 1. The standard InChI is InChI=1S/C19H28N2O/c1-16(21(2)15-18-11-7-4-8-12-18)19(22)20-14-13-17-9-5-3-6-10-17/h4,7-9,11-12,16H,3,5-6,10,13-15H2,1-2H3,(H,20,22). The quantitative estimate of drug-likeness (QED) is 0.782. The molecule has 0 heterocycles. The third-order valence-electron chi connectivity index (χ3n) is 4.45. The number of rotatable bonds is 7. The zero-order valence-electron chi connectivity index (χ0n) is 13.8. The molecule has 0 saturated carbocycles. The van der Waals surface area contributed by atoms with Gasteiger partial charge in [-0.1, -0.05) is 42.0 Å². The largest absolute Gasteiger partial charge is 0.354 e. The summed E-state index contributed by atoms with van der Waals surface area (Å²) < 4.78 is 0. The highest BCUT2D eigenvalue weighted by atomic mass is 16.2. The van der Waals surface area contributed by atoms with Crippen molar-refractivity contribution in [1.29, 1.82) is 0 Å². The van der Waals surface area contributed by atoms with Gasteiger partial charge in [0.2, 0.25) is 5.91 Å². The Labute approximate surface area is 134 Å². The Morgan fingerprint density at radius 1 is 1.27 bits per heavy atom. The normalized spacial score (nSPS) is 16.2. The van der Waals surface area contributed by atoms with E-state index in [0.29, 0.717) is 0 Å². The summed E-state index contributed by atoms with van der Waals surface area (Å²) >= 11 is 0. The molecule has 1 aromatic carbocycles. The molecule has 1 amide bonds. The third kappa shape index (κ3) is 5.30. The Bertz CT molecular complexity index is 495. The molecule has 1 N–H and O–H groups in total. The molecule has 0 spiro atoms. The molecule has 0 bridgehead atoms. The van der Waals surface area contributed by atoms with Gasteiger partial charge in [-0.15, -0.1) is 0 Å². The number of benzene rings is 1. The number of nitrogens with zero attached hydrogens (tertiary/aromatic N) is 1. The Kier molecular flexibility index (Phi) is 6.66. The predicted molar refractivity (Wildman–Crippen MR) is 91.5 cm³/mol. The summed E-state index contributed by atoms with van der Waals surface area (Å²) in [4.78, 5) is 14.3. The number of carbonyl (C=O) groups excluding carboxylic acids is 1. The van der Waals surface area contributed by atoms with Gasteiger partial charge in [0.15, 0.2) is 0 Å². The minimum absolute atomic E-state index is 0.111. The van der Waals surface area contributed by atoms with Crippen molar-refractivity contribution in [2.24, 2.45) is 0 Å². The van der Waals surface area contributed by atoms with Crippen LogP contribution in [0.4, 0.5) is 0 Å². The van der Waals surface area contributed by atoms with Crippen molar-refractivity contribution in [3.8, 4) is 0 Å². The van der Waals surface area contributed by atoms with E-state index in [-0.39, 0.29) is 11.9 Å². The van der Waals surface area contributed by atoms with Crippen LogP contribution in [0.15, 0.2) is 42.0 Å². The fourth-order valence-corrected chi connectivity index (χ4v) is 2.83. The van der Waals surface area contributed by atoms with Gasteiger partial charge in [0.1, 0.15) is 0 Å². The molecule has 2 rings (SSSR count). The van der Waals surface area contributed by atoms with Crippen molar-refractivity contribution in [3.05, 3.63) is 47.5 Å². The summed E-state index contributed by atoms with van der Waals surface area (Å²) in [6.45, 7) is 3.52. The van der Waals surface area contributed by atoms with Gasteiger partial charge in [-0.05, 0) is 51.6 Å². The van der Waals surface area contributed by atoms with E-state index in [2.05, 4.69) is 28.4 Å². The molecule has 1 atom stereocenters. The highest BCUT2D eigenvalue weighted by molar-refractivity contribution is 5.81. The fraction of sp³-hybridized carbons (Fsp3) is 0.526. The molecular weight excluding hydrogens is 272 g/mol. The average molecular weight is 300 g/mol. The first-order valence-electron chi connectivity index (χ1n) is 8.36. The summed E-state index contributed by atoms with van der Waals surface area (Å²) in [6.07, 6.45) is 8.38. The first-order valence-corrected chi connectivity index (χ1v) is 8.36. The highest BCUT2D eigenvalue weighted by Gasteiger charge is 2.17. The predicted octanol–water partition coefficient (Wildman–Crippen LogP) is 3.51. The van der Waals surface area contributed by atoms with Crippen LogP contribution in [-0.2, 0) is 11.3 Å². The Morgan fingerprint density at radius 3 is 2.73 bits per heavy atom. The minimum Gasteiger partial charge on any atom is -0.354 e. The second kappa shape index (κ2) is 8.74. The SMILES string of the molecule is CC(C(=O)NCCC1=CCCCC1)N(C)Cc1ccccc1. The number of allylic oxidation sites excluding steroid dienone is 1. The maximum absolute atomic E-state index is 12.2. The molecule has 0 radical (unpaired) electrons. The lowest BCUT2D eigenvalue weighted by molar-refractivity contribution is -0.125. The van der Waals surface area contributed by atoms with Crippen molar-refractivity contribution >= 4 is 5.91 Å². The van der Waals surface area contributed by atoms with Gasteiger partial charge in [-0.2, -0.15) is 0 Å². The lowest BCUT2D eigenvalue weighted by Crippen LogP contribution is -2.43. The van der Waals surface area contributed by atoms with Gasteiger partial charge in [0.25, 0.3) is 0 Å². The van der Waals surface area contributed by atoms with Gasteiger partial charge >= 0.3 is 0 Å². The summed E-state index contributed by atoms with van der Waals surface area (Å²) in [7, 11) is 2.00. The van der Waals surface area contributed by atoms with E-state index in [1.54, 1.807) is 0 Å². The average Bonchev–Trinajstić information content (AvgIpc) is 2.56. The van der Waals surface area contributed by atoms with Crippen molar-refractivity contribution in [2.75, 3.05) is 13.6 Å². The van der Waals surface area contributed by atoms with Crippen molar-refractivity contribution in [1.82, 2.24) is 10.2 Å². The van der Waals surface area contributed by atoms with E-state index in [9.17, 15) is 4.79 Å². The first kappa shape index (κ1) is 16.8. The summed E-state index contributed by atoms with van der Waals surface area (Å²) in [5.41, 5.74) is 2.74. The highest BCUT2D eigenvalue weighted by Crippen LogP contribution is 2.19. The first-order chi connectivity index (χ1) is 10.7. The molecular formula is C19H28N2O. The van der Waals surface area contributed by atoms with Gasteiger partial charge < -0.3 is 5.32 Å². The van der Waals surface area contributed by atoms with Gasteiger partial charge in [-0.3, -0.25) is 9.69 Å². The smallest absolute Gasteiger partial charge is 0.237 e. The lowest BCUT2D eigenvalue weighted by atomic mass is 9.97. The fourth-order valence-electron chi connectivity index (χ4n) is 2.83. The van der Waals surface area contributed by atoms with Crippen LogP contribution < -0.4 is 5.32 Å². The van der Waals surface area contributed by atoms with Crippen LogP contribution in [0.25, 0.3) is 0 Å². The third-order valence-corrected chi connectivity index (χ3v) is 4.45. The van der Waals surface area contributed by atoms with Crippen LogP contribution in [0.2, 0.25) is 0 Å². The number of hydrogen-bond donors (Lipinski definition) is 1. The van der Waals surface area contributed by atoms with E-state index in [1.165, 1.54) is 36.8 Å². The van der Waals surface area contributed by atoms with Crippen LogP contribution in [0.5, 0.6) is 0 Å². The van der Waals surface area contributed by atoms with E-state index >= 15 is 0 Å². The monoisotopic (exact) mass is 300 g/mol. The molecule has 3 heteroatoms. The lowest BCUT2D eigenvalue weighted by Gasteiger charge is -2.24. The van der Waals surface area contributed by atoms with Gasteiger partial charge in [0, 0.05) is 13.1 Å². The second-order valence-corrected chi connectivity index (χ2v) is 6.23. The summed E-state index contributed by atoms with van der Waals surface area (Å²) in [5.74, 6) is 0.120. The molecule has 0 fully saturated rings. The van der Waals surface area contributed by atoms with Crippen LogP contribution >= 0.6 is 0 Å². The van der Waals surface area contributed by atoms with Crippen LogP contribution in [-0.4, -0.2) is 30.4 Å². The Morgan fingerprint density at radius 2 is 2.05 bits per heavy atom. The molecule has 120 valence electrons. The molecule has 0 aliphatic heterocycles. The van der Waals surface area contributed by atoms with Crippen LogP contribution in [0.1, 0.15) is 44.6 Å². The van der Waals surface area contributed by atoms with E-state index in [1.807, 2.05) is 32.2 Å². The molecule has 1 unspecified atom stereocenters. The molecule has 0 saturated heterocycles. The van der Waals surface area contributed by atoms with E-state index in [0.717, 1.165) is 19.5 Å². The minimum atomic E-state index is -0.111. The van der Waals surface area contributed by atoms with E-state index < -0.39 is 0 Å². The molecule has 22 heavy (non-hydrogen) atoms. The van der Waals surface area contributed by atoms with Crippen LogP contribution in [0, 0.1) is 0 Å². The zero-order chi connectivity index (χ0) is 15.8. The number of nitrogens with one attached hydrogen (secondary N) is 1. The maximum Gasteiger partial charge on any atom is 0.237 e. The van der Waals surface area contributed by atoms with Gasteiger partial charge in [-0.25, -0.2) is 0 Å². The topological polar surface area (TPSA) is 32.3 Å². The van der Waals surface area contributed by atoms with Crippen molar-refractivity contribution in [3.63, 3.8) is 0 Å². The Balaban J connectivity index is 1.72. The summed E-state index contributed by atoms with van der Waals surface area (Å²) in [6, 6.07) is 10.2. The number of hydrogen-bond acceptors (Lipinski definition) is 2. The molecule has 1 aliphatic carbocycles. The maximum atomic E-state index is 12.2. The Hall–Kier alpha value is -1.61. The van der Waals surface area contributed by atoms with E-state index in [4.69, 9.17) is 0 Å². The molecule has 1 aliphatic rings.